The molecule has 2 aliphatic heterocycles. The summed E-state index contributed by atoms with van der Waals surface area (Å²) in [6, 6.07) is 11.9. The van der Waals surface area contributed by atoms with Crippen LogP contribution >= 0.6 is 0 Å². The lowest BCUT2D eigenvalue weighted by molar-refractivity contribution is -0.991. The van der Waals surface area contributed by atoms with Crippen LogP contribution in [0.25, 0.3) is 0 Å². The third-order valence-electron chi connectivity index (χ3n) is 5.53. The lowest BCUT2D eigenvalue weighted by Gasteiger charge is -2.43. The van der Waals surface area contributed by atoms with E-state index in [1.54, 1.807) is 18.2 Å². The molecule has 7 nitrogen and oxygen atoms in total. The van der Waals surface area contributed by atoms with Crippen LogP contribution in [0.15, 0.2) is 47.3 Å². The zero-order valence-corrected chi connectivity index (χ0v) is 14.4. The highest BCUT2D eigenvalue weighted by Crippen LogP contribution is 2.35. The topological polar surface area (TPSA) is 93.2 Å². The molecule has 2 aromatic rings. The third kappa shape index (κ3) is 3.32. The number of likely N-dealkylation sites (tertiary alicyclic amines) is 1. The molecule has 4 atom stereocenters. The van der Waals surface area contributed by atoms with Crippen molar-refractivity contribution in [1.29, 1.82) is 0 Å². The van der Waals surface area contributed by atoms with Crippen LogP contribution in [0.4, 0.5) is 5.69 Å². The summed E-state index contributed by atoms with van der Waals surface area (Å²) >= 11 is 0. The van der Waals surface area contributed by atoms with E-state index in [0.717, 1.165) is 37.3 Å². The number of nitrogens with zero attached hydrogens (tertiary/aromatic N) is 2. The number of quaternary nitrogens is 1. The summed E-state index contributed by atoms with van der Waals surface area (Å²) in [4.78, 5) is 14.3. The lowest BCUT2D eigenvalue weighted by atomic mass is 9.83. The fourth-order valence-electron chi connectivity index (χ4n) is 4.34. The molecule has 1 fully saturated rings. The number of β-amino-alcohol motifs (C(OH)–C–C–N with tert-alkyl or cyclic N) is 1. The van der Waals surface area contributed by atoms with E-state index in [9.17, 15) is 15.1 Å². The monoisotopic (exact) mass is 357 g/mol. The van der Waals surface area contributed by atoms with Gasteiger partial charge in [-0.3, -0.25) is 9.69 Å². The van der Waals surface area contributed by atoms with Crippen LogP contribution in [-0.4, -0.2) is 39.4 Å². The fraction of sp³-hybridized carbons (Fsp3) is 0.421. The maximum Gasteiger partial charge on any atom is 0.250 e. The number of pyridine rings is 1. The van der Waals surface area contributed by atoms with Gasteiger partial charge >= 0.3 is 0 Å². The Labute approximate surface area is 151 Å². The smallest absolute Gasteiger partial charge is 0.250 e. The first-order chi connectivity index (χ1) is 12.5. The predicted molar refractivity (Wildman–Crippen MR) is 95.2 cm³/mol. The Bertz CT molecular complexity index is 833. The molecule has 3 heterocycles. The summed E-state index contributed by atoms with van der Waals surface area (Å²) in [6.45, 7) is 2.94. The Morgan fingerprint density at radius 3 is 2.65 bits per heavy atom. The number of rotatable bonds is 4. The highest BCUT2D eigenvalue weighted by molar-refractivity contribution is 5.33. The molecule has 2 unspecified atom stereocenters. The second-order valence-electron chi connectivity index (χ2n) is 7.36. The average Bonchev–Trinajstić information content (AvgIpc) is 2.62. The van der Waals surface area contributed by atoms with Gasteiger partial charge in [-0.05, 0) is 24.0 Å². The first-order valence-corrected chi connectivity index (χ1v) is 8.94. The van der Waals surface area contributed by atoms with Gasteiger partial charge in [-0.25, -0.2) is 5.21 Å². The summed E-state index contributed by atoms with van der Waals surface area (Å²) in [6.07, 6.45) is 0.429. The Morgan fingerprint density at radius 2 is 1.92 bits per heavy atom. The van der Waals surface area contributed by atoms with Crippen molar-refractivity contribution >= 4 is 5.69 Å². The first-order valence-electron chi connectivity index (χ1n) is 8.94. The normalized spacial score (nSPS) is 24.7. The van der Waals surface area contributed by atoms with Crippen LogP contribution in [0.1, 0.15) is 29.7 Å². The van der Waals surface area contributed by atoms with Crippen LogP contribution in [-0.2, 0) is 6.54 Å². The lowest BCUT2D eigenvalue weighted by Crippen LogP contribution is -2.99. The van der Waals surface area contributed by atoms with Gasteiger partial charge in [0.15, 0.2) is 5.69 Å². The van der Waals surface area contributed by atoms with Gasteiger partial charge in [-0.15, -0.1) is 0 Å². The molecule has 0 amide bonds. The molecule has 2 bridgehead atoms. The van der Waals surface area contributed by atoms with Crippen molar-refractivity contribution in [3.8, 4) is 0 Å². The summed E-state index contributed by atoms with van der Waals surface area (Å²) in [7, 11) is 0. The van der Waals surface area contributed by atoms with Crippen LogP contribution in [0.2, 0.25) is 0 Å². The van der Waals surface area contributed by atoms with Crippen LogP contribution in [0.5, 0.6) is 0 Å². The maximum atomic E-state index is 12.1. The largest absolute Gasteiger partial charge is 0.595 e. The average molecular weight is 357 g/mol. The molecular weight excluding hydrogens is 334 g/mol. The van der Waals surface area contributed by atoms with Crippen molar-refractivity contribution in [2.45, 2.75) is 25.0 Å². The van der Waals surface area contributed by atoms with Crippen LogP contribution in [0.3, 0.4) is 0 Å². The number of fused-ring (bicyclic) bond motifs is 4. The Hall–Kier alpha value is -2.03. The van der Waals surface area contributed by atoms with E-state index in [-0.39, 0.29) is 11.2 Å². The molecule has 3 N–H and O–H groups in total. The SMILES string of the molecule is O=c1cccc2n1C[C@@H]1C[C@@H]2CN(CC(O)c2ccc([NH+]([O-])O)cc2)C1. The van der Waals surface area contributed by atoms with E-state index in [4.69, 9.17) is 5.21 Å². The molecular formula is C19H23N3O4. The van der Waals surface area contributed by atoms with E-state index in [1.807, 2.05) is 16.7 Å². The number of hydrogen-bond acceptors (Lipinski definition) is 5. The molecule has 1 aromatic heterocycles. The molecule has 0 saturated carbocycles. The van der Waals surface area contributed by atoms with E-state index < -0.39 is 11.3 Å². The van der Waals surface area contributed by atoms with Gasteiger partial charge in [0.25, 0.3) is 5.56 Å². The summed E-state index contributed by atoms with van der Waals surface area (Å²) in [5.74, 6) is 0.737. The van der Waals surface area contributed by atoms with Crippen molar-refractivity contribution in [3.63, 3.8) is 0 Å². The zero-order chi connectivity index (χ0) is 18.3. The van der Waals surface area contributed by atoms with Gasteiger partial charge in [0.05, 0.1) is 6.10 Å². The number of benzene rings is 1. The Balaban J connectivity index is 1.46. The minimum atomic E-state index is -0.969. The minimum Gasteiger partial charge on any atom is -0.595 e. The van der Waals surface area contributed by atoms with Crippen molar-refractivity contribution in [2.24, 2.45) is 5.92 Å². The maximum absolute atomic E-state index is 12.1. The van der Waals surface area contributed by atoms with E-state index in [1.165, 1.54) is 12.1 Å². The highest BCUT2D eigenvalue weighted by atomic mass is 16.8. The fourth-order valence-corrected chi connectivity index (χ4v) is 4.34. The minimum absolute atomic E-state index is 0.0733. The second-order valence-corrected chi connectivity index (χ2v) is 7.36. The van der Waals surface area contributed by atoms with Gasteiger partial charge in [-0.2, -0.15) is 5.23 Å². The van der Waals surface area contributed by atoms with Crippen LogP contribution in [0, 0.1) is 11.1 Å². The highest BCUT2D eigenvalue weighted by Gasteiger charge is 2.35. The van der Waals surface area contributed by atoms with E-state index in [0.29, 0.717) is 18.4 Å². The van der Waals surface area contributed by atoms with Crippen molar-refractivity contribution in [2.75, 3.05) is 19.6 Å². The van der Waals surface area contributed by atoms with Crippen molar-refractivity contribution in [1.82, 2.24) is 9.47 Å². The number of nitrogens with one attached hydrogen (secondary N) is 1. The number of aromatic nitrogens is 1. The van der Waals surface area contributed by atoms with Crippen molar-refractivity contribution in [3.05, 3.63) is 69.3 Å². The second kappa shape index (κ2) is 6.94. The van der Waals surface area contributed by atoms with E-state index >= 15 is 0 Å². The standard InChI is InChI=1S/C19H23N3O4/c23-18(14-4-6-16(7-5-14)22(25)26)12-20-9-13-8-15(11-20)17-2-1-3-19(24)21(17)10-13/h1-7,13,15,18,22-23,25H,8-12H2/t13-,15-,18?/m1/s1. The molecule has 1 aromatic carbocycles. The quantitative estimate of drug-likeness (QED) is 0.689. The molecule has 138 valence electrons. The zero-order valence-electron chi connectivity index (χ0n) is 14.4. The van der Waals surface area contributed by atoms with Gasteiger partial charge in [0, 0.05) is 56.0 Å². The van der Waals surface area contributed by atoms with Crippen molar-refractivity contribution < 1.29 is 15.5 Å². The third-order valence-corrected chi connectivity index (χ3v) is 5.53. The van der Waals surface area contributed by atoms with Gasteiger partial charge in [0.2, 0.25) is 0 Å². The first kappa shape index (κ1) is 17.4. The molecule has 26 heavy (non-hydrogen) atoms. The summed E-state index contributed by atoms with van der Waals surface area (Å²) < 4.78 is 1.90. The number of aliphatic hydroxyl groups excluding tert-OH is 1. The number of hydrogen-bond donors (Lipinski definition) is 3. The summed E-state index contributed by atoms with van der Waals surface area (Å²) in [5.41, 5.74) is 2.11. The molecule has 0 aliphatic carbocycles. The molecule has 0 spiro atoms. The Kier molecular flexibility index (Phi) is 4.64. The van der Waals surface area contributed by atoms with Gasteiger partial charge < -0.3 is 14.9 Å². The van der Waals surface area contributed by atoms with Crippen LogP contribution < -0.4 is 10.8 Å². The number of aliphatic hydroxyl groups is 1. The molecule has 0 radical (unpaired) electrons. The van der Waals surface area contributed by atoms with Gasteiger partial charge in [0.1, 0.15) is 0 Å². The van der Waals surface area contributed by atoms with E-state index in [2.05, 4.69) is 4.90 Å². The number of piperidine rings is 1. The van der Waals surface area contributed by atoms with Gasteiger partial charge in [-0.1, -0.05) is 18.2 Å². The molecule has 2 aliphatic rings. The molecule has 4 rings (SSSR count). The summed E-state index contributed by atoms with van der Waals surface area (Å²) in [5, 5.41) is 29.5. The predicted octanol–water partition coefficient (Wildman–Crippen LogP) is 0.404. The Morgan fingerprint density at radius 1 is 1.15 bits per heavy atom. The molecule has 7 heteroatoms. The molecule has 1 saturated heterocycles.